The van der Waals surface area contributed by atoms with E-state index in [2.05, 4.69) is 19.9 Å². The summed E-state index contributed by atoms with van der Waals surface area (Å²) in [4.78, 5) is 0.999. The second-order valence-electron chi connectivity index (χ2n) is 3.37. The summed E-state index contributed by atoms with van der Waals surface area (Å²) in [6, 6.07) is 7.79. The lowest BCUT2D eigenvalue weighted by Gasteiger charge is -2.09. The monoisotopic (exact) mass is 221 g/mol. The molecule has 1 rings (SSSR count). The molecule has 0 atom stereocenters. The fourth-order valence-electron chi connectivity index (χ4n) is 1.20. The average Bonchev–Trinajstić information content (AvgIpc) is 2.18. The number of hydrogen-bond acceptors (Lipinski definition) is 3. The van der Waals surface area contributed by atoms with Crippen molar-refractivity contribution in [3.63, 3.8) is 0 Å². The summed E-state index contributed by atoms with van der Waals surface area (Å²) in [5.74, 6) is 0.833. The van der Waals surface area contributed by atoms with Crippen LogP contribution in [0.5, 0.6) is 5.75 Å². The predicted molar refractivity (Wildman–Crippen MR) is 63.3 cm³/mol. The van der Waals surface area contributed by atoms with Gasteiger partial charge in [-0.3, -0.25) is 0 Å². The Morgan fingerprint density at radius 1 is 1.47 bits per heavy atom. The van der Waals surface area contributed by atoms with E-state index in [0.717, 1.165) is 16.2 Å². The van der Waals surface area contributed by atoms with Gasteiger partial charge < -0.3 is 4.74 Å². The number of rotatable bonds is 4. The Morgan fingerprint density at radius 3 is 2.73 bits per heavy atom. The smallest absolute Gasteiger partial charge is 0.120 e. The van der Waals surface area contributed by atoms with Gasteiger partial charge in [-0.05, 0) is 25.1 Å². The van der Waals surface area contributed by atoms with Crippen molar-refractivity contribution in [3.05, 3.63) is 23.8 Å². The average molecular weight is 221 g/mol. The van der Waals surface area contributed by atoms with Crippen molar-refractivity contribution in [2.45, 2.75) is 30.9 Å². The SMILES string of the molecule is CCOc1ccc(C#N)c(SC(C)C)c1. The summed E-state index contributed by atoms with van der Waals surface area (Å²) >= 11 is 1.69. The van der Waals surface area contributed by atoms with Gasteiger partial charge in [0.2, 0.25) is 0 Å². The number of nitrogens with zero attached hydrogens (tertiary/aromatic N) is 1. The van der Waals surface area contributed by atoms with Crippen LogP contribution in [0.2, 0.25) is 0 Å². The molecule has 0 bridgehead atoms. The van der Waals surface area contributed by atoms with E-state index >= 15 is 0 Å². The third-order valence-corrected chi connectivity index (χ3v) is 2.81. The molecule has 0 spiro atoms. The minimum absolute atomic E-state index is 0.467. The molecular formula is C12H15NOS. The maximum Gasteiger partial charge on any atom is 0.120 e. The molecule has 2 nitrogen and oxygen atoms in total. The topological polar surface area (TPSA) is 33.0 Å². The lowest BCUT2D eigenvalue weighted by molar-refractivity contribution is 0.339. The molecule has 0 amide bonds. The van der Waals surface area contributed by atoms with Crippen molar-refractivity contribution in [1.82, 2.24) is 0 Å². The molecule has 0 aliphatic rings. The summed E-state index contributed by atoms with van der Waals surface area (Å²) in [7, 11) is 0. The molecule has 0 N–H and O–H groups in total. The van der Waals surface area contributed by atoms with E-state index in [4.69, 9.17) is 10.00 Å². The van der Waals surface area contributed by atoms with E-state index in [1.807, 2.05) is 25.1 Å². The normalized spacial score (nSPS) is 10.1. The van der Waals surface area contributed by atoms with E-state index in [1.165, 1.54) is 0 Å². The van der Waals surface area contributed by atoms with Crippen LogP contribution in [0.3, 0.4) is 0 Å². The first-order valence-corrected chi connectivity index (χ1v) is 5.89. The zero-order valence-electron chi connectivity index (χ0n) is 9.28. The van der Waals surface area contributed by atoms with Crippen LogP contribution in [0.25, 0.3) is 0 Å². The summed E-state index contributed by atoms with van der Waals surface area (Å²) in [6.45, 7) is 6.82. The molecule has 0 aliphatic carbocycles. The van der Waals surface area contributed by atoms with Crippen molar-refractivity contribution in [2.75, 3.05) is 6.61 Å². The second kappa shape index (κ2) is 5.67. The summed E-state index contributed by atoms with van der Waals surface area (Å²) in [5, 5.41) is 9.41. The van der Waals surface area contributed by atoms with Crippen LogP contribution in [-0.4, -0.2) is 11.9 Å². The van der Waals surface area contributed by atoms with Gasteiger partial charge >= 0.3 is 0 Å². The minimum Gasteiger partial charge on any atom is -0.494 e. The quantitative estimate of drug-likeness (QED) is 0.730. The van der Waals surface area contributed by atoms with Crippen molar-refractivity contribution < 1.29 is 4.74 Å². The van der Waals surface area contributed by atoms with E-state index in [9.17, 15) is 0 Å². The first kappa shape index (κ1) is 11.9. The second-order valence-corrected chi connectivity index (χ2v) is 4.99. The third kappa shape index (κ3) is 3.49. The molecular weight excluding hydrogens is 206 g/mol. The lowest BCUT2D eigenvalue weighted by atomic mass is 10.2. The van der Waals surface area contributed by atoms with E-state index in [-0.39, 0.29) is 0 Å². The van der Waals surface area contributed by atoms with Crippen LogP contribution < -0.4 is 4.74 Å². The van der Waals surface area contributed by atoms with Crippen LogP contribution in [0.4, 0.5) is 0 Å². The van der Waals surface area contributed by atoms with E-state index in [0.29, 0.717) is 11.9 Å². The van der Waals surface area contributed by atoms with Gasteiger partial charge in [0.1, 0.15) is 11.8 Å². The van der Waals surface area contributed by atoms with Crippen LogP contribution in [-0.2, 0) is 0 Å². The molecule has 15 heavy (non-hydrogen) atoms. The Kier molecular flexibility index (Phi) is 4.51. The molecule has 0 saturated heterocycles. The number of ether oxygens (including phenoxy) is 1. The van der Waals surface area contributed by atoms with Gasteiger partial charge in [0.15, 0.2) is 0 Å². The summed E-state index contributed by atoms with van der Waals surface area (Å²) in [6.07, 6.45) is 0. The van der Waals surface area contributed by atoms with Gasteiger partial charge in [-0.1, -0.05) is 13.8 Å². The van der Waals surface area contributed by atoms with E-state index < -0.39 is 0 Å². The minimum atomic E-state index is 0.467. The third-order valence-electron chi connectivity index (χ3n) is 1.75. The largest absolute Gasteiger partial charge is 0.494 e. The molecule has 0 saturated carbocycles. The molecule has 0 unspecified atom stereocenters. The molecule has 0 heterocycles. The highest BCUT2D eigenvalue weighted by molar-refractivity contribution is 8.00. The first-order valence-electron chi connectivity index (χ1n) is 5.01. The van der Waals surface area contributed by atoms with Crippen LogP contribution in [0.1, 0.15) is 26.3 Å². The Morgan fingerprint density at radius 2 is 2.20 bits per heavy atom. The van der Waals surface area contributed by atoms with Gasteiger partial charge in [-0.15, -0.1) is 11.8 Å². The molecule has 0 aromatic heterocycles. The molecule has 1 aromatic carbocycles. The van der Waals surface area contributed by atoms with Gasteiger partial charge in [-0.25, -0.2) is 0 Å². The molecule has 3 heteroatoms. The molecule has 0 radical (unpaired) electrons. The molecule has 80 valence electrons. The number of thioether (sulfide) groups is 1. The molecule has 0 aliphatic heterocycles. The van der Waals surface area contributed by atoms with Gasteiger partial charge in [0.05, 0.1) is 12.2 Å². The highest BCUT2D eigenvalue weighted by Crippen LogP contribution is 2.29. The number of hydrogen-bond donors (Lipinski definition) is 0. The zero-order valence-corrected chi connectivity index (χ0v) is 10.1. The van der Waals surface area contributed by atoms with Crippen LogP contribution >= 0.6 is 11.8 Å². The predicted octanol–water partition coefficient (Wildman–Crippen LogP) is 3.46. The summed E-state index contributed by atoms with van der Waals surface area (Å²) in [5.41, 5.74) is 0.720. The molecule has 1 aromatic rings. The fraction of sp³-hybridized carbons (Fsp3) is 0.417. The Labute approximate surface area is 95.3 Å². The number of benzene rings is 1. The van der Waals surface area contributed by atoms with Gasteiger partial charge in [0.25, 0.3) is 0 Å². The Hall–Kier alpha value is -1.14. The van der Waals surface area contributed by atoms with Gasteiger partial charge in [-0.2, -0.15) is 5.26 Å². The maximum atomic E-state index is 8.95. The Balaban J connectivity index is 2.98. The molecule has 0 fully saturated rings. The van der Waals surface area contributed by atoms with Gasteiger partial charge in [0, 0.05) is 10.1 Å². The lowest BCUT2D eigenvalue weighted by Crippen LogP contribution is -1.94. The van der Waals surface area contributed by atoms with E-state index in [1.54, 1.807) is 11.8 Å². The number of nitriles is 1. The highest BCUT2D eigenvalue weighted by atomic mass is 32.2. The highest BCUT2D eigenvalue weighted by Gasteiger charge is 2.06. The van der Waals surface area contributed by atoms with Crippen molar-refractivity contribution in [2.24, 2.45) is 0 Å². The summed E-state index contributed by atoms with van der Waals surface area (Å²) < 4.78 is 5.40. The standard InChI is InChI=1S/C12H15NOS/c1-4-14-11-6-5-10(8-13)12(7-11)15-9(2)3/h5-7,9H,4H2,1-3H3. The fourth-order valence-corrected chi connectivity index (χ4v) is 2.14. The maximum absolute atomic E-state index is 8.95. The van der Waals surface area contributed by atoms with Crippen LogP contribution in [0.15, 0.2) is 23.1 Å². The zero-order chi connectivity index (χ0) is 11.3. The first-order chi connectivity index (χ1) is 7.17. The van der Waals surface area contributed by atoms with Crippen molar-refractivity contribution in [1.29, 1.82) is 5.26 Å². The Bertz CT molecular complexity index is 368. The van der Waals surface area contributed by atoms with Crippen molar-refractivity contribution in [3.8, 4) is 11.8 Å². The van der Waals surface area contributed by atoms with Crippen molar-refractivity contribution >= 4 is 11.8 Å². The van der Waals surface area contributed by atoms with Crippen LogP contribution in [0, 0.1) is 11.3 Å².